The first-order chi connectivity index (χ1) is 11.4. The van der Waals surface area contributed by atoms with Crippen molar-refractivity contribution in [2.45, 2.75) is 46.6 Å². The van der Waals surface area contributed by atoms with Crippen LogP contribution in [-0.4, -0.2) is 35.8 Å². The van der Waals surface area contributed by atoms with Gasteiger partial charge in [0.15, 0.2) is 5.78 Å². The first-order valence-electron chi connectivity index (χ1n) is 8.54. The summed E-state index contributed by atoms with van der Waals surface area (Å²) in [6.45, 7) is 9.07. The number of carbonyl (C=O) groups is 2. The number of nitrogens with one attached hydrogen (secondary N) is 1. The fourth-order valence-electron chi connectivity index (χ4n) is 2.36. The number of Topliss-reactive ketones (excluding diaryl/α,β-unsaturated/α-hetero) is 1. The largest absolute Gasteiger partial charge is 0.335 e. The van der Waals surface area contributed by atoms with Crippen LogP contribution in [-0.2, 0) is 0 Å². The quantitative estimate of drug-likeness (QED) is 0.741. The summed E-state index contributed by atoms with van der Waals surface area (Å²) in [6.07, 6.45) is 2.00. The van der Waals surface area contributed by atoms with Crippen LogP contribution in [0.25, 0.3) is 0 Å². The normalized spacial score (nSPS) is 12.8. The fraction of sp³-hybridized carbons (Fsp3) is 0.526. The molecule has 2 amide bonds. The zero-order chi connectivity index (χ0) is 18.1. The van der Waals surface area contributed by atoms with Crippen molar-refractivity contribution in [2.24, 2.45) is 5.92 Å². The van der Waals surface area contributed by atoms with Crippen molar-refractivity contribution in [1.82, 2.24) is 10.2 Å². The molecule has 0 heterocycles. The average molecular weight is 329 g/mol. The van der Waals surface area contributed by atoms with E-state index in [0.29, 0.717) is 17.7 Å². The number of nitrogens with zero attached hydrogens (tertiary/aromatic N) is 2. The summed E-state index contributed by atoms with van der Waals surface area (Å²) in [5.74, 6) is -0.379. The van der Waals surface area contributed by atoms with Gasteiger partial charge in [-0.2, -0.15) is 5.26 Å². The Hall–Kier alpha value is -2.35. The Kier molecular flexibility index (Phi) is 7.97. The molecule has 1 N–H and O–H groups in total. The number of nitriles is 1. The van der Waals surface area contributed by atoms with Gasteiger partial charge in [0.25, 0.3) is 0 Å². The molecule has 130 valence electrons. The second-order valence-corrected chi connectivity index (χ2v) is 6.01. The van der Waals surface area contributed by atoms with E-state index in [1.807, 2.05) is 26.8 Å². The lowest BCUT2D eigenvalue weighted by atomic mass is 9.93. The van der Waals surface area contributed by atoms with Gasteiger partial charge in [-0.05, 0) is 32.4 Å². The van der Waals surface area contributed by atoms with Crippen LogP contribution >= 0.6 is 0 Å². The minimum absolute atomic E-state index is 0.0381. The summed E-state index contributed by atoms with van der Waals surface area (Å²) in [5.41, 5.74) is 1.08. The van der Waals surface area contributed by atoms with Crippen LogP contribution in [0.5, 0.6) is 0 Å². The Morgan fingerprint density at radius 1 is 1.21 bits per heavy atom. The van der Waals surface area contributed by atoms with Gasteiger partial charge in [-0.3, -0.25) is 4.79 Å². The molecule has 5 heteroatoms. The second-order valence-electron chi connectivity index (χ2n) is 6.01. The molecule has 1 rings (SSSR count). The molecule has 0 saturated heterocycles. The van der Waals surface area contributed by atoms with Crippen LogP contribution in [0.3, 0.4) is 0 Å². The van der Waals surface area contributed by atoms with Crippen LogP contribution in [0, 0.1) is 17.2 Å². The molecule has 0 aliphatic carbocycles. The number of hydrogen-bond donors (Lipinski definition) is 1. The zero-order valence-electron chi connectivity index (χ0n) is 15.0. The summed E-state index contributed by atoms with van der Waals surface area (Å²) in [5, 5.41) is 11.7. The third-order valence-corrected chi connectivity index (χ3v) is 4.26. The van der Waals surface area contributed by atoms with Crippen LogP contribution in [0.4, 0.5) is 4.79 Å². The highest BCUT2D eigenvalue weighted by Crippen LogP contribution is 2.14. The standard InChI is InChI=1S/C19H27N3O2/c1-5-7-12-22(6-2)19(24)21-15(4)14(3)18(23)17-10-8-16(13-20)9-11-17/h8-11,14-15H,5-7,12H2,1-4H3,(H,21,24). The number of benzene rings is 1. The minimum atomic E-state index is -0.341. The minimum Gasteiger partial charge on any atom is -0.335 e. The maximum Gasteiger partial charge on any atom is 0.317 e. The number of urea groups is 1. The molecular weight excluding hydrogens is 302 g/mol. The summed E-state index contributed by atoms with van der Waals surface area (Å²) in [6, 6.07) is 8.22. The topological polar surface area (TPSA) is 73.2 Å². The zero-order valence-corrected chi connectivity index (χ0v) is 15.0. The van der Waals surface area contributed by atoms with Gasteiger partial charge in [0, 0.05) is 30.6 Å². The Balaban J connectivity index is 2.68. The van der Waals surface area contributed by atoms with Gasteiger partial charge in [-0.1, -0.05) is 32.4 Å². The monoisotopic (exact) mass is 329 g/mol. The molecule has 1 aromatic rings. The van der Waals surface area contributed by atoms with E-state index in [2.05, 4.69) is 12.2 Å². The first kappa shape index (κ1) is 19.7. The molecule has 0 fully saturated rings. The van der Waals surface area contributed by atoms with E-state index >= 15 is 0 Å². The van der Waals surface area contributed by atoms with E-state index < -0.39 is 0 Å². The van der Waals surface area contributed by atoms with Crippen molar-refractivity contribution in [3.05, 3.63) is 35.4 Å². The molecule has 0 saturated carbocycles. The summed E-state index contributed by atoms with van der Waals surface area (Å²) < 4.78 is 0. The predicted octanol–water partition coefficient (Wildman–Crippen LogP) is 3.60. The Labute approximate surface area is 144 Å². The molecule has 0 aromatic heterocycles. The lowest BCUT2D eigenvalue weighted by molar-refractivity contribution is 0.0907. The van der Waals surface area contributed by atoms with Gasteiger partial charge < -0.3 is 10.2 Å². The third-order valence-electron chi connectivity index (χ3n) is 4.26. The van der Waals surface area contributed by atoms with Crippen molar-refractivity contribution in [3.63, 3.8) is 0 Å². The van der Waals surface area contributed by atoms with Crippen LogP contribution in [0.2, 0.25) is 0 Å². The molecule has 2 atom stereocenters. The second kappa shape index (κ2) is 9.71. The predicted molar refractivity (Wildman–Crippen MR) is 94.8 cm³/mol. The molecule has 5 nitrogen and oxygen atoms in total. The van der Waals surface area contributed by atoms with Crippen LogP contribution < -0.4 is 5.32 Å². The van der Waals surface area contributed by atoms with Crippen LogP contribution in [0.1, 0.15) is 56.5 Å². The van der Waals surface area contributed by atoms with Gasteiger partial charge in [0.1, 0.15) is 0 Å². The van der Waals surface area contributed by atoms with Gasteiger partial charge in [-0.25, -0.2) is 4.79 Å². The first-order valence-corrected chi connectivity index (χ1v) is 8.54. The van der Waals surface area contributed by atoms with Crippen molar-refractivity contribution in [1.29, 1.82) is 5.26 Å². The van der Waals surface area contributed by atoms with Crippen molar-refractivity contribution < 1.29 is 9.59 Å². The maximum absolute atomic E-state index is 12.5. The van der Waals surface area contributed by atoms with Gasteiger partial charge >= 0.3 is 6.03 Å². The summed E-state index contributed by atoms with van der Waals surface area (Å²) in [4.78, 5) is 26.6. The molecule has 1 aromatic carbocycles. The molecule has 0 bridgehead atoms. The number of rotatable bonds is 8. The number of unbranched alkanes of at least 4 members (excludes halogenated alkanes) is 1. The Morgan fingerprint density at radius 2 is 1.83 bits per heavy atom. The third kappa shape index (κ3) is 5.38. The number of hydrogen-bond acceptors (Lipinski definition) is 3. The van der Waals surface area contributed by atoms with Crippen molar-refractivity contribution >= 4 is 11.8 Å². The van der Waals surface area contributed by atoms with Crippen molar-refractivity contribution in [2.75, 3.05) is 13.1 Å². The molecule has 2 unspecified atom stereocenters. The van der Waals surface area contributed by atoms with E-state index in [9.17, 15) is 9.59 Å². The van der Waals surface area contributed by atoms with E-state index in [-0.39, 0.29) is 23.8 Å². The van der Waals surface area contributed by atoms with Crippen LogP contribution in [0.15, 0.2) is 24.3 Å². The Bertz CT molecular complexity index is 590. The number of amides is 2. The SMILES string of the molecule is CCCCN(CC)C(=O)NC(C)C(C)C(=O)c1ccc(C#N)cc1. The lowest BCUT2D eigenvalue weighted by Gasteiger charge is -2.26. The number of ketones is 1. The smallest absolute Gasteiger partial charge is 0.317 e. The van der Waals surface area contributed by atoms with E-state index in [4.69, 9.17) is 5.26 Å². The van der Waals surface area contributed by atoms with Gasteiger partial charge in [-0.15, -0.1) is 0 Å². The molecule has 0 aliphatic rings. The highest BCUT2D eigenvalue weighted by atomic mass is 16.2. The summed E-state index contributed by atoms with van der Waals surface area (Å²) >= 11 is 0. The summed E-state index contributed by atoms with van der Waals surface area (Å²) in [7, 11) is 0. The molecule has 0 radical (unpaired) electrons. The maximum atomic E-state index is 12.5. The molecule has 24 heavy (non-hydrogen) atoms. The number of carbonyl (C=O) groups excluding carboxylic acids is 2. The molecular formula is C19H27N3O2. The average Bonchev–Trinajstić information content (AvgIpc) is 2.61. The Morgan fingerprint density at radius 3 is 2.33 bits per heavy atom. The van der Waals surface area contributed by atoms with Crippen molar-refractivity contribution in [3.8, 4) is 6.07 Å². The highest BCUT2D eigenvalue weighted by molar-refractivity contribution is 5.98. The molecule has 0 spiro atoms. The fourth-order valence-corrected chi connectivity index (χ4v) is 2.36. The van der Waals surface area contributed by atoms with Gasteiger partial charge in [0.2, 0.25) is 0 Å². The van der Waals surface area contributed by atoms with Gasteiger partial charge in [0.05, 0.1) is 11.6 Å². The highest BCUT2D eigenvalue weighted by Gasteiger charge is 2.24. The molecule has 0 aliphatic heterocycles. The van der Waals surface area contributed by atoms with E-state index in [0.717, 1.165) is 19.4 Å². The lowest BCUT2D eigenvalue weighted by Crippen LogP contribution is -2.47. The van der Waals surface area contributed by atoms with E-state index in [1.165, 1.54) is 0 Å². The van der Waals surface area contributed by atoms with E-state index in [1.54, 1.807) is 29.2 Å².